The van der Waals surface area contributed by atoms with E-state index in [0.29, 0.717) is 24.3 Å². The average Bonchev–Trinajstić information content (AvgIpc) is 2.33. The summed E-state index contributed by atoms with van der Waals surface area (Å²) in [5, 5.41) is 2.68. The summed E-state index contributed by atoms with van der Waals surface area (Å²) in [5.41, 5.74) is 1.60. The highest BCUT2D eigenvalue weighted by Gasteiger charge is 2.27. The van der Waals surface area contributed by atoms with E-state index < -0.39 is 19.6 Å². The number of nitrogens with one attached hydrogen (secondary N) is 1. The molecule has 7 heteroatoms. The third-order valence-electron chi connectivity index (χ3n) is 2.55. The Hall–Kier alpha value is -1.76. The number of benzene rings is 1. The first kappa shape index (κ1) is 13.7. The van der Waals surface area contributed by atoms with Gasteiger partial charge in [0.1, 0.15) is 12.4 Å². The SMILES string of the molecule is O=C1CCc2ccc(OCOCC(F)(F)F)cc2N1. The number of alkyl halides is 3. The Kier molecular flexibility index (Phi) is 3.94. The van der Waals surface area contributed by atoms with Gasteiger partial charge in [0.15, 0.2) is 6.79 Å². The number of hydrogen-bond donors (Lipinski definition) is 1. The van der Waals surface area contributed by atoms with Crippen LogP contribution >= 0.6 is 0 Å². The normalized spacial score (nSPS) is 14.8. The highest BCUT2D eigenvalue weighted by Crippen LogP contribution is 2.27. The molecule has 0 unspecified atom stereocenters. The van der Waals surface area contributed by atoms with Crippen LogP contribution in [0.5, 0.6) is 5.75 Å². The van der Waals surface area contributed by atoms with E-state index in [0.717, 1.165) is 5.56 Å². The smallest absolute Gasteiger partial charge is 0.411 e. The molecule has 0 radical (unpaired) electrons. The zero-order chi connectivity index (χ0) is 13.9. The van der Waals surface area contributed by atoms with Gasteiger partial charge in [0.25, 0.3) is 0 Å². The zero-order valence-corrected chi connectivity index (χ0v) is 9.92. The summed E-state index contributed by atoms with van der Waals surface area (Å²) < 4.78 is 44.8. The van der Waals surface area contributed by atoms with Crippen LogP contribution in [-0.4, -0.2) is 25.5 Å². The van der Waals surface area contributed by atoms with Crippen molar-refractivity contribution in [1.82, 2.24) is 0 Å². The predicted octanol–water partition coefficient (Wildman–Crippen LogP) is 2.49. The van der Waals surface area contributed by atoms with Crippen LogP contribution in [0.3, 0.4) is 0 Å². The number of fused-ring (bicyclic) bond motifs is 1. The molecule has 0 atom stereocenters. The molecular formula is C12H12F3NO3. The summed E-state index contributed by atoms with van der Waals surface area (Å²) in [6.45, 7) is -1.85. The van der Waals surface area contributed by atoms with Crippen molar-refractivity contribution in [3.05, 3.63) is 23.8 Å². The van der Waals surface area contributed by atoms with Gasteiger partial charge in [-0.1, -0.05) is 6.07 Å². The van der Waals surface area contributed by atoms with E-state index in [1.165, 1.54) is 0 Å². The second-order valence-corrected chi connectivity index (χ2v) is 4.09. The number of anilines is 1. The zero-order valence-electron chi connectivity index (χ0n) is 9.92. The van der Waals surface area contributed by atoms with Crippen molar-refractivity contribution in [3.8, 4) is 5.75 Å². The second-order valence-electron chi connectivity index (χ2n) is 4.09. The van der Waals surface area contributed by atoms with Crippen LogP contribution in [0.15, 0.2) is 18.2 Å². The van der Waals surface area contributed by atoms with Crippen molar-refractivity contribution in [2.75, 3.05) is 18.7 Å². The molecular weight excluding hydrogens is 263 g/mol. The Balaban J connectivity index is 1.88. The van der Waals surface area contributed by atoms with Crippen LogP contribution in [0.1, 0.15) is 12.0 Å². The fourth-order valence-electron chi connectivity index (χ4n) is 1.71. The molecule has 0 saturated carbocycles. The van der Waals surface area contributed by atoms with E-state index in [1.807, 2.05) is 0 Å². The number of ether oxygens (including phenoxy) is 2. The average molecular weight is 275 g/mol. The van der Waals surface area contributed by atoms with Gasteiger partial charge < -0.3 is 14.8 Å². The predicted molar refractivity (Wildman–Crippen MR) is 60.9 cm³/mol. The minimum Gasteiger partial charge on any atom is -0.467 e. The number of carbonyl (C=O) groups is 1. The second kappa shape index (κ2) is 5.48. The molecule has 104 valence electrons. The number of hydrogen-bond acceptors (Lipinski definition) is 3. The molecule has 0 spiro atoms. The van der Waals surface area contributed by atoms with E-state index in [-0.39, 0.29) is 5.91 Å². The highest BCUT2D eigenvalue weighted by molar-refractivity contribution is 5.94. The summed E-state index contributed by atoms with van der Waals surface area (Å²) in [6, 6.07) is 4.98. The molecule has 2 rings (SSSR count). The van der Waals surface area contributed by atoms with Gasteiger partial charge in [-0.15, -0.1) is 0 Å². The Morgan fingerprint density at radius 1 is 1.26 bits per heavy atom. The van der Waals surface area contributed by atoms with Crippen LogP contribution in [-0.2, 0) is 16.0 Å². The summed E-state index contributed by atoms with van der Waals surface area (Å²) >= 11 is 0. The molecule has 1 N–H and O–H groups in total. The molecule has 0 bridgehead atoms. The highest BCUT2D eigenvalue weighted by atomic mass is 19.4. The lowest BCUT2D eigenvalue weighted by Gasteiger charge is -2.17. The Morgan fingerprint density at radius 3 is 2.79 bits per heavy atom. The van der Waals surface area contributed by atoms with Crippen LogP contribution in [0.25, 0.3) is 0 Å². The van der Waals surface area contributed by atoms with Crippen molar-refractivity contribution in [2.45, 2.75) is 19.0 Å². The first-order valence-corrected chi connectivity index (χ1v) is 5.64. The summed E-state index contributed by atoms with van der Waals surface area (Å²) in [4.78, 5) is 11.2. The molecule has 0 fully saturated rings. The molecule has 19 heavy (non-hydrogen) atoms. The molecule has 0 saturated heterocycles. The van der Waals surface area contributed by atoms with E-state index >= 15 is 0 Å². The van der Waals surface area contributed by atoms with E-state index in [2.05, 4.69) is 10.1 Å². The molecule has 1 aromatic carbocycles. The molecule has 1 aliphatic rings. The maximum atomic E-state index is 11.8. The van der Waals surface area contributed by atoms with Crippen LogP contribution < -0.4 is 10.1 Å². The fourth-order valence-corrected chi connectivity index (χ4v) is 1.71. The van der Waals surface area contributed by atoms with Gasteiger partial charge in [-0.05, 0) is 18.1 Å². The minimum absolute atomic E-state index is 0.0852. The standard InChI is InChI=1S/C12H12F3NO3/c13-12(14,15)6-18-7-19-9-3-1-8-2-4-11(17)16-10(8)5-9/h1,3,5H,2,4,6-7H2,(H,16,17). The molecule has 1 amide bonds. The topological polar surface area (TPSA) is 47.6 Å². The third kappa shape index (κ3) is 4.13. The quantitative estimate of drug-likeness (QED) is 0.678. The van der Waals surface area contributed by atoms with Crippen LogP contribution in [0, 0.1) is 0 Å². The fraction of sp³-hybridized carbons (Fsp3) is 0.417. The first-order chi connectivity index (χ1) is 8.94. The first-order valence-electron chi connectivity index (χ1n) is 5.64. The van der Waals surface area contributed by atoms with E-state index in [1.54, 1.807) is 18.2 Å². The van der Waals surface area contributed by atoms with Gasteiger partial charge in [-0.2, -0.15) is 13.2 Å². The molecule has 1 heterocycles. The van der Waals surface area contributed by atoms with Crippen LogP contribution in [0.4, 0.5) is 18.9 Å². The number of amides is 1. The third-order valence-corrected chi connectivity index (χ3v) is 2.55. The Morgan fingerprint density at radius 2 is 2.05 bits per heavy atom. The molecule has 0 aliphatic carbocycles. The lowest BCUT2D eigenvalue weighted by atomic mass is 10.0. The van der Waals surface area contributed by atoms with E-state index in [4.69, 9.17) is 4.74 Å². The lowest BCUT2D eigenvalue weighted by molar-refractivity contribution is -0.186. The van der Waals surface area contributed by atoms with Gasteiger partial charge >= 0.3 is 6.18 Å². The van der Waals surface area contributed by atoms with Gasteiger partial charge in [-0.3, -0.25) is 4.79 Å². The number of halogens is 3. The molecule has 1 aliphatic heterocycles. The lowest BCUT2D eigenvalue weighted by Crippen LogP contribution is -2.20. The summed E-state index contributed by atoms with van der Waals surface area (Å²) in [6.07, 6.45) is -3.29. The molecule has 1 aromatic rings. The van der Waals surface area contributed by atoms with Crippen molar-refractivity contribution in [2.24, 2.45) is 0 Å². The van der Waals surface area contributed by atoms with Gasteiger partial charge in [-0.25, -0.2) is 0 Å². The number of aryl methyl sites for hydroxylation is 1. The summed E-state index contributed by atoms with van der Waals surface area (Å²) in [5.74, 6) is 0.265. The largest absolute Gasteiger partial charge is 0.467 e. The monoisotopic (exact) mass is 275 g/mol. The minimum atomic E-state index is -4.37. The van der Waals surface area contributed by atoms with Gasteiger partial charge in [0, 0.05) is 18.2 Å². The van der Waals surface area contributed by atoms with Crippen molar-refractivity contribution in [1.29, 1.82) is 0 Å². The van der Waals surface area contributed by atoms with Gasteiger partial charge in [0.2, 0.25) is 5.91 Å². The summed E-state index contributed by atoms with van der Waals surface area (Å²) in [7, 11) is 0. The van der Waals surface area contributed by atoms with E-state index in [9.17, 15) is 18.0 Å². The Labute approximate surface area is 107 Å². The molecule has 4 nitrogen and oxygen atoms in total. The molecule has 0 aromatic heterocycles. The van der Waals surface area contributed by atoms with Crippen molar-refractivity contribution < 1.29 is 27.4 Å². The Bertz CT molecular complexity index is 474. The van der Waals surface area contributed by atoms with Crippen molar-refractivity contribution >= 4 is 11.6 Å². The number of carbonyl (C=O) groups excluding carboxylic acids is 1. The van der Waals surface area contributed by atoms with Crippen LogP contribution in [0.2, 0.25) is 0 Å². The maximum Gasteiger partial charge on any atom is 0.411 e. The maximum absolute atomic E-state index is 11.8. The van der Waals surface area contributed by atoms with Crippen molar-refractivity contribution in [3.63, 3.8) is 0 Å². The number of rotatable bonds is 4. The van der Waals surface area contributed by atoms with Gasteiger partial charge in [0.05, 0.1) is 0 Å².